The number of hydrogen-bond acceptors (Lipinski definition) is 3. The first-order chi connectivity index (χ1) is 9.46. The summed E-state index contributed by atoms with van der Waals surface area (Å²) in [5.74, 6) is -0.756. The second-order valence-electron chi connectivity index (χ2n) is 5.50. The standard InChI is InChI=1S/C15H19FN2O2/c1-15(14(20)17-2)7-8-18(10-15)9-13(19)11-5-3-4-6-12(11)16/h3-6H,7-10H2,1-2H3,(H,17,20). The van der Waals surface area contributed by atoms with Crippen molar-refractivity contribution in [2.75, 3.05) is 26.7 Å². The summed E-state index contributed by atoms with van der Waals surface area (Å²) in [6, 6.07) is 5.98. The Bertz CT molecular complexity index is 532. The minimum atomic E-state index is -0.495. The van der Waals surface area contributed by atoms with Gasteiger partial charge >= 0.3 is 0 Å². The molecule has 1 aromatic rings. The minimum absolute atomic E-state index is 0.0154. The van der Waals surface area contributed by atoms with E-state index in [1.54, 1.807) is 19.2 Å². The van der Waals surface area contributed by atoms with Gasteiger partial charge in [-0.25, -0.2) is 4.39 Å². The molecule has 1 N–H and O–H groups in total. The van der Waals surface area contributed by atoms with Gasteiger partial charge in [-0.1, -0.05) is 12.1 Å². The Morgan fingerprint density at radius 3 is 2.75 bits per heavy atom. The van der Waals surface area contributed by atoms with E-state index in [0.29, 0.717) is 19.5 Å². The van der Waals surface area contributed by atoms with Gasteiger partial charge in [0.1, 0.15) is 5.82 Å². The molecule has 5 heteroatoms. The molecule has 0 saturated carbocycles. The zero-order valence-electron chi connectivity index (χ0n) is 11.8. The van der Waals surface area contributed by atoms with Crippen molar-refractivity contribution in [3.63, 3.8) is 0 Å². The highest BCUT2D eigenvalue weighted by Crippen LogP contribution is 2.30. The fourth-order valence-electron chi connectivity index (χ4n) is 2.65. The second kappa shape index (κ2) is 5.71. The lowest BCUT2D eigenvalue weighted by atomic mass is 9.89. The molecular formula is C15H19FN2O2. The van der Waals surface area contributed by atoms with E-state index in [9.17, 15) is 14.0 Å². The number of ketones is 1. The van der Waals surface area contributed by atoms with Crippen LogP contribution in [-0.2, 0) is 4.79 Å². The van der Waals surface area contributed by atoms with Gasteiger partial charge in [0.05, 0.1) is 17.5 Å². The SMILES string of the molecule is CNC(=O)C1(C)CCN(CC(=O)c2ccccc2F)C1. The first-order valence-electron chi connectivity index (χ1n) is 6.68. The lowest BCUT2D eigenvalue weighted by Crippen LogP contribution is -2.40. The Balaban J connectivity index is 2.01. The fourth-order valence-corrected chi connectivity index (χ4v) is 2.65. The Morgan fingerprint density at radius 2 is 2.10 bits per heavy atom. The summed E-state index contributed by atoms with van der Waals surface area (Å²) in [4.78, 5) is 25.8. The van der Waals surface area contributed by atoms with Gasteiger partial charge in [-0.15, -0.1) is 0 Å². The van der Waals surface area contributed by atoms with Crippen LogP contribution in [0.2, 0.25) is 0 Å². The van der Waals surface area contributed by atoms with Crippen molar-refractivity contribution >= 4 is 11.7 Å². The van der Waals surface area contributed by atoms with Gasteiger partial charge in [0.15, 0.2) is 5.78 Å². The molecule has 2 rings (SSSR count). The Hall–Kier alpha value is -1.75. The van der Waals surface area contributed by atoms with Crippen LogP contribution in [0.25, 0.3) is 0 Å². The molecule has 1 amide bonds. The Kier molecular flexibility index (Phi) is 4.18. The van der Waals surface area contributed by atoms with Crippen LogP contribution in [0.4, 0.5) is 4.39 Å². The highest BCUT2D eigenvalue weighted by Gasteiger charge is 2.40. The highest BCUT2D eigenvalue weighted by atomic mass is 19.1. The van der Waals surface area contributed by atoms with Crippen molar-refractivity contribution in [3.8, 4) is 0 Å². The van der Waals surface area contributed by atoms with Crippen molar-refractivity contribution in [1.82, 2.24) is 10.2 Å². The van der Waals surface area contributed by atoms with Crippen LogP contribution in [0, 0.1) is 11.2 Å². The molecule has 0 radical (unpaired) electrons. The molecule has 1 aliphatic rings. The van der Waals surface area contributed by atoms with Gasteiger partial charge in [0.2, 0.25) is 5.91 Å². The van der Waals surface area contributed by atoms with Crippen molar-refractivity contribution in [3.05, 3.63) is 35.6 Å². The van der Waals surface area contributed by atoms with E-state index in [0.717, 1.165) is 0 Å². The van der Waals surface area contributed by atoms with E-state index in [4.69, 9.17) is 0 Å². The number of hydrogen-bond donors (Lipinski definition) is 1. The lowest BCUT2D eigenvalue weighted by molar-refractivity contribution is -0.129. The zero-order valence-corrected chi connectivity index (χ0v) is 11.8. The van der Waals surface area contributed by atoms with Crippen LogP contribution >= 0.6 is 0 Å². The molecule has 1 unspecified atom stereocenters. The average molecular weight is 278 g/mol. The van der Waals surface area contributed by atoms with Crippen LogP contribution in [0.5, 0.6) is 0 Å². The van der Waals surface area contributed by atoms with Crippen molar-refractivity contribution in [1.29, 1.82) is 0 Å². The van der Waals surface area contributed by atoms with Gasteiger partial charge in [0.25, 0.3) is 0 Å². The highest BCUT2D eigenvalue weighted by molar-refractivity contribution is 5.98. The van der Waals surface area contributed by atoms with E-state index in [1.165, 1.54) is 12.1 Å². The predicted molar refractivity (Wildman–Crippen MR) is 74.0 cm³/mol. The number of nitrogens with zero attached hydrogens (tertiary/aromatic N) is 1. The number of amides is 1. The molecule has 1 aromatic carbocycles. The average Bonchev–Trinajstić information content (AvgIpc) is 2.81. The van der Waals surface area contributed by atoms with E-state index in [2.05, 4.69) is 5.32 Å². The summed E-state index contributed by atoms with van der Waals surface area (Å²) in [5.41, 5.74) is -0.356. The van der Waals surface area contributed by atoms with E-state index in [-0.39, 0.29) is 23.8 Å². The normalized spacial score (nSPS) is 22.8. The van der Waals surface area contributed by atoms with E-state index < -0.39 is 11.2 Å². The summed E-state index contributed by atoms with van der Waals surface area (Å²) >= 11 is 0. The van der Waals surface area contributed by atoms with Crippen LogP contribution < -0.4 is 5.32 Å². The summed E-state index contributed by atoms with van der Waals surface area (Å²) in [5, 5.41) is 2.65. The largest absolute Gasteiger partial charge is 0.359 e. The number of likely N-dealkylation sites (tertiary alicyclic amines) is 1. The monoisotopic (exact) mass is 278 g/mol. The smallest absolute Gasteiger partial charge is 0.227 e. The minimum Gasteiger partial charge on any atom is -0.359 e. The van der Waals surface area contributed by atoms with Crippen molar-refractivity contribution < 1.29 is 14.0 Å². The summed E-state index contributed by atoms with van der Waals surface area (Å²) in [7, 11) is 1.61. The third kappa shape index (κ3) is 2.88. The predicted octanol–water partition coefficient (Wildman–Crippen LogP) is 1.47. The van der Waals surface area contributed by atoms with Crippen LogP contribution in [-0.4, -0.2) is 43.3 Å². The van der Waals surface area contributed by atoms with Crippen LogP contribution in [0.3, 0.4) is 0 Å². The van der Waals surface area contributed by atoms with E-state index in [1.807, 2.05) is 11.8 Å². The molecule has 1 atom stereocenters. The van der Waals surface area contributed by atoms with Gasteiger partial charge in [-0.3, -0.25) is 14.5 Å². The van der Waals surface area contributed by atoms with Crippen molar-refractivity contribution in [2.45, 2.75) is 13.3 Å². The summed E-state index contributed by atoms with van der Waals surface area (Å²) < 4.78 is 13.5. The van der Waals surface area contributed by atoms with E-state index >= 15 is 0 Å². The van der Waals surface area contributed by atoms with Gasteiger partial charge < -0.3 is 5.32 Å². The molecule has 1 fully saturated rings. The molecule has 0 bridgehead atoms. The maximum Gasteiger partial charge on any atom is 0.227 e. The molecule has 1 saturated heterocycles. The Labute approximate surface area is 118 Å². The lowest BCUT2D eigenvalue weighted by Gasteiger charge is -2.22. The second-order valence-corrected chi connectivity index (χ2v) is 5.50. The number of carbonyl (C=O) groups excluding carboxylic acids is 2. The van der Waals surface area contributed by atoms with Gasteiger partial charge in [-0.2, -0.15) is 0 Å². The quantitative estimate of drug-likeness (QED) is 0.848. The number of halogens is 1. The first-order valence-corrected chi connectivity index (χ1v) is 6.68. The molecule has 1 heterocycles. The van der Waals surface area contributed by atoms with Gasteiger partial charge in [0, 0.05) is 13.6 Å². The van der Waals surface area contributed by atoms with Crippen LogP contribution in [0.1, 0.15) is 23.7 Å². The van der Waals surface area contributed by atoms with Gasteiger partial charge in [-0.05, 0) is 32.0 Å². The maximum absolute atomic E-state index is 13.5. The maximum atomic E-state index is 13.5. The summed E-state index contributed by atoms with van der Waals surface area (Å²) in [6.45, 7) is 3.23. The molecule has 0 aliphatic carbocycles. The number of carbonyl (C=O) groups is 2. The number of rotatable bonds is 4. The summed E-state index contributed by atoms with van der Waals surface area (Å²) in [6.07, 6.45) is 0.706. The molecule has 108 valence electrons. The number of benzene rings is 1. The molecule has 1 aliphatic heterocycles. The van der Waals surface area contributed by atoms with Crippen molar-refractivity contribution in [2.24, 2.45) is 5.41 Å². The molecule has 4 nitrogen and oxygen atoms in total. The first kappa shape index (κ1) is 14.7. The molecule has 20 heavy (non-hydrogen) atoms. The third-order valence-corrected chi connectivity index (χ3v) is 3.87. The zero-order chi connectivity index (χ0) is 14.8. The third-order valence-electron chi connectivity index (χ3n) is 3.87. The number of nitrogens with one attached hydrogen (secondary N) is 1. The molecular weight excluding hydrogens is 259 g/mol. The van der Waals surface area contributed by atoms with Crippen LogP contribution in [0.15, 0.2) is 24.3 Å². The topological polar surface area (TPSA) is 49.4 Å². The fraction of sp³-hybridized carbons (Fsp3) is 0.467. The molecule has 0 spiro atoms. The Morgan fingerprint density at radius 1 is 1.40 bits per heavy atom. The molecule has 0 aromatic heterocycles. The number of Topliss-reactive ketones (excluding diaryl/α,β-unsaturated/α-hetero) is 1.